The maximum absolute atomic E-state index is 11.6. The number of carboxylic acid groups (broad SMARTS) is 1. The lowest BCUT2D eigenvalue weighted by molar-refractivity contribution is -0.141. The number of carbonyl (C=O) groups excluding carboxylic acids is 1. The Labute approximate surface area is 116 Å². The minimum absolute atomic E-state index is 0.163. The van der Waals surface area contributed by atoms with E-state index >= 15 is 0 Å². The first kappa shape index (κ1) is 16.0. The van der Waals surface area contributed by atoms with Crippen LogP contribution in [0.5, 0.6) is 0 Å². The molecule has 0 aromatic carbocycles. The fourth-order valence-corrected chi connectivity index (χ4v) is 1.52. The highest BCUT2D eigenvalue weighted by molar-refractivity contribution is 5.88. The van der Waals surface area contributed by atoms with Gasteiger partial charge in [-0.25, -0.2) is 4.79 Å². The Kier molecular flexibility index (Phi) is 5.09. The second-order valence-corrected chi connectivity index (χ2v) is 5.18. The molecular formula is C12H20N4O4. The third-order valence-electron chi connectivity index (χ3n) is 2.55. The van der Waals surface area contributed by atoms with Gasteiger partial charge in [0.25, 0.3) is 0 Å². The average molecular weight is 284 g/mol. The molecule has 0 aliphatic rings. The molecule has 8 heteroatoms. The Balaban J connectivity index is 2.45. The van der Waals surface area contributed by atoms with Crippen LogP contribution in [0.1, 0.15) is 33.2 Å². The van der Waals surface area contributed by atoms with Gasteiger partial charge in [-0.05, 0) is 20.8 Å². The number of hydrogen-bond acceptors (Lipinski definition) is 4. The maximum Gasteiger partial charge on any atom is 0.319 e. The van der Waals surface area contributed by atoms with Gasteiger partial charge in [0.1, 0.15) is 0 Å². The SMILES string of the molecule is CC(C)n1cc(NC(=O)NCC(C)(O)CC(=O)O)cn1. The van der Waals surface area contributed by atoms with Crippen molar-refractivity contribution in [2.45, 2.75) is 38.8 Å². The van der Waals surface area contributed by atoms with E-state index in [0.29, 0.717) is 5.69 Å². The van der Waals surface area contributed by atoms with Gasteiger partial charge in [-0.15, -0.1) is 0 Å². The number of hydrogen-bond donors (Lipinski definition) is 4. The highest BCUT2D eigenvalue weighted by atomic mass is 16.4. The monoisotopic (exact) mass is 284 g/mol. The number of carbonyl (C=O) groups is 2. The van der Waals surface area contributed by atoms with Gasteiger partial charge in [0, 0.05) is 18.8 Å². The van der Waals surface area contributed by atoms with Gasteiger partial charge in [-0.3, -0.25) is 9.48 Å². The molecule has 0 radical (unpaired) electrons. The van der Waals surface area contributed by atoms with Gasteiger partial charge in [0.05, 0.1) is 23.9 Å². The van der Waals surface area contributed by atoms with Crippen LogP contribution in [0.3, 0.4) is 0 Å². The van der Waals surface area contributed by atoms with Crippen molar-refractivity contribution in [3.63, 3.8) is 0 Å². The van der Waals surface area contributed by atoms with Crippen molar-refractivity contribution in [1.82, 2.24) is 15.1 Å². The molecule has 0 saturated carbocycles. The summed E-state index contributed by atoms with van der Waals surface area (Å²) in [4.78, 5) is 22.1. The molecule has 1 heterocycles. The van der Waals surface area contributed by atoms with Crippen molar-refractivity contribution in [2.24, 2.45) is 0 Å². The molecule has 1 aromatic heterocycles. The lowest BCUT2D eigenvalue weighted by atomic mass is 10.0. The molecule has 20 heavy (non-hydrogen) atoms. The highest BCUT2D eigenvalue weighted by Gasteiger charge is 2.24. The van der Waals surface area contributed by atoms with E-state index in [2.05, 4.69) is 15.7 Å². The molecule has 0 saturated heterocycles. The van der Waals surface area contributed by atoms with E-state index in [1.165, 1.54) is 13.1 Å². The molecule has 1 unspecified atom stereocenters. The number of urea groups is 1. The molecule has 112 valence electrons. The van der Waals surface area contributed by atoms with E-state index in [-0.39, 0.29) is 12.6 Å². The third-order valence-corrected chi connectivity index (χ3v) is 2.55. The predicted molar refractivity (Wildman–Crippen MR) is 72.5 cm³/mol. The van der Waals surface area contributed by atoms with Crippen molar-refractivity contribution >= 4 is 17.7 Å². The Morgan fingerprint density at radius 2 is 2.15 bits per heavy atom. The first-order chi connectivity index (χ1) is 9.19. The predicted octanol–water partition coefficient (Wildman–Crippen LogP) is 0.811. The first-order valence-electron chi connectivity index (χ1n) is 6.23. The number of aromatic nitrogens is 2. The fraction of sp³-hybridized carbons (Fsp3) is 0.583. The van der Waals surface area contributed by atoms with Crippen LogP contribution in [0.2, 0.25) is 0 Å². The molecule has 0 bridgehead atoms. The standard InChI is InChI=1S/C12H20N4O4/c1-8(2)16-6-9(5-14-16)15-11(19)13-7-12(3,20)4-10(17)18/h5-6,8,20H,4,7H2,1-3H3,(H,17,18)(H2,13,15,19). The molecule has 0 aliphatic carbocycles. The lowest BCUT2D eigenvalue weighted by Crippen LogP contribution is -2.43. The van der Waals surface area contributed by atoms with Crippen LogP contribution in [0.15, 0.2) is 12.4 Å². The Morgan fingerprint density at radius 1 is 1.50 bits per heavy atom. The van der Waals surface area contributed by atoms with Crippen molar-refractivity contribution in [3.8, 4) is 0 Å². The molecule has 2 amide bonds. The smallest absolute Gasteiger partial charge is 0.319 e. The Morgan fingerprint density at radius 3 is 2.65 bits per heavy atom. The normalized spacial score (nSPS) is 13.8. The quantitative estimate of drug-likeness (QED) is 0.617. The highest BCUT2D eigenvalue weighted by Crippen LogP contribution is 2.10. The van der Waals surface area contributed by atoms with Crippen LogP contribution < -0.4 is 10.6 Å². The van der Waals surface area contributed by atoms with Crippen LogP contribution in [-0.2, 0) is 4.79 Å². The number of rotatable bonds is 6. The van der Waals surface area contributed by atoms with Gasteiger partial charge in [0.2, 0.25) is 0 Å². The van der Waals surface area contributed by atoms with Crippen LogP contribution in [0.25, 0.3) is 0 Å². The van der Waals surface area contributed by atoms with Crippen LogP contribution in [-0.4, -0.2) is 44.1 Å². The molecule has 1 atom stereocenters. The van der Waals surface area contributed by atoms with E-state index in [1.807, 2.05) is 13.8 Å². The number of aliphatic carboxylic acids is 1. The minimum atomic E-state index is -1.49. The van der Waals surface area contributed by atoms with E-state index in [0.717, 1.165) is 0 Å². The summed E-state index contributed by atoms with van der Waals surface area (Å²) in [5.41, 5.74) is -0.972. The number of carboxylic acids is 1. The zero-order chi connectivity index (χ0) is 15.3. The van der Waals surface area contributed by atoms with E-state index in [1.54, 1.807) is 10.9 Å². The van der Waals surface area contributed by atoms with Crippen molar-refractivity contribution in [2.75, 3.05) is 11.9 Å². The zero-order valence-corrected chi connectivity index (χ0v) is 11.8. The number of nitrogens with zero attached hydrogens (tertiary/aromatic N) is 2. The van der Waals surface area contributed by atoms with Gasteiger partial charge < -0.3 is 20.8 Å². The lowest BCUT2D eigenvalue weighted by Gasteiger charge is -2.21. The molecular weight excluding hydrogens is 264 g/mol. The molecule has 8 nitrogen and oxygen atoms in total. The molecule has 1 rings (SSSR count). The maximum atomic E-state index is 11.6. The van der Waals surface area contributed by atoms with Gasteiger partial charge >= 0.3 is 12.0 Å². The minimum Gasteiger partial charge on any atom is -0.481 e. The Hall–Kier alpha value is -2.09. The second kappa shape index (κ2) is 6.38. The number of amides is 2. The summed E-state index contributed by atoms with van der Waals surface area (Å²) in [6, 6.07) is -0.344. The number of anilines is 1. The second-order valence-electron chi connectivity index (χ2n) is 5.18. The van der Waals surface area contributed by atoms with E-state index in [9.17, 15) is 14.7 Å². The molecule has 1 aromatic rings. The summed E-state index contributed by atoms with van der Waals surface area (Å²) < 4.78 is 1.69. The molecule has 0 spiro atoms. The first-order valence-corrected chi connectivity index (χ1v) is 6.23. The molecule has 0 aliphatic heterocycles. The number of nitrogens with one attached hydrogen (secondary N) is 2. The molecule has 0 fully saturated rings. The third kappa shape index (κ3) is 5.27. The van der Waals surface area contributed by atoms with E-state index in [4.69, 9.17) is 5.11 Å². The zero-order valence-electron chi connectivity index (χ0n) is 11.8. The van der Waals surface area contributed by atoms with Gasteiger partial charge in [-0.1, -0.05) is 0 Å². The van der Waals surface area contributed by atoms with Crippen molar-refractivity contribution in [1.29, 1.82) is 0 Å². The van der Waals surface area contributed by atoms with Gasteiger partial charge in [0.15, 0.2) is 0 Å². The van der Waals surface area contributed by atoms with Crippen molar-refractivity contribution in [3.05, 3.63) is 12.4 Å². The summed E-state index contributed by atoms with van der Waals surface area (Å²) in [6.07, 6.45) is 2.74. The van der Waals surface area contributed by atoms with E-state index < -0.39 is 24.0 Å². The van der Waals surface area contributed by atoms with Crippen LogP contribution in [0, 0.1) is 0 Å². The van der Waals surface area contributed by atoms with Gasteiger partial charge in [-0.2, -0.15) is 5.10 Å². The summed E-state index contributed by atoms with van der Waals surface area (Å²) in [5, 5.41) is 27.4. The summed E-state index contributed by atoms with van der Waals surface area (Å²) in [5.74, 6) is -1.13. The summed E-state index contributed by atoms with van der Waals surface area (Å²) >= 11 is 0. The summed E-state index contributed by atoms with van der Waals surface area (Å²) in [6.45, 7) is 5.10. The van der Waals surface area contributed by atoms with Crippen molar-refractivity contribution < 1.29 is 19.8 Å². The summed E-state index contributed by atoms with van der Waals surface area (Å²) in [7, 11) is 0. The number of aliphatic hydroxyl groups is 1. The largest absolute Gasteiger partial charge is 0.481 e. The average Bonchev–Trinajstić information content (AvgIpc) is 2.73. The van der Waals surface area contributed by atoms with Crippen LogP contribution >= 0.6 is 0 Å². The fourth-order valence-electron chi connectivity index (χ4n) is 1.52. The van der Waals surface area contributed by atoms with Crippen LogP contribution in [0.4, 0.5) is 10.5 Å². The topological polar surface area (TPSA) is 116 Å². The molecule has 4 N–H and O–H groups in total. The Bertz CT molecular complexity index is 482.